The molecular weight excluding hydrogens is 252 g/mol. The van der Waals surface area contributed by atoms with Gasteiger partial charge < -0.3 is 10.2 Å². The first kappa shape index (κ1) is 15.3. The van der Waals surface area contributed by atoms with Gasteiger partial charge in [0, 0.05) is 6.54 Å². The Morgan fingerprint density at radius 2 is 2.00 bits per heavy atom. The van der Waals surface area contributed by atoms with Crippen LogP contribution in [-0.4, -0.2) is 35.3 Å². The summed E-state index contributed by atoms with van der Waals surface area (Å²) in [6, 6.07) is -0.482. The van der Waals surface area contributed by atoms with Crippen LogP contribution in [0.3, 0.4) is 0 Å². The van der Waals surface area contributed by atoms with E-state index in [1.54, 1.807) is 0 Å². The average molecular weight is 280 g/mol. The zero-order valence-electron chi connectivity index (χ0n) is 13.0. The first-order valence-electron chi connectivity index (χ1n) is 8.15. The summed E-state index contributed by atoms with van der Waals surface area (Å²) >= 11 is 0. The van der Waals surface area contributed by atoms with Crippen LogP contribution < -0.4 is 5.32 Å². The van der Waals surface area contributed by atoms with Gasteiger partial charge in [-0.05, 0) is 43.9 Å². The van der Waals surface area contributed by atoms with Gasteiger partial charge >= 0.3 is 0 Å². The summed E-state index contributed by atoms with van der Waals surface area (Å²) in [6.07, 6.45) is 5.96. The minimum atomic E-state index is -0.290. The van der Waals surface area contributed by atoms with E-state index in [1.807, 2.05) is 4.90 Å². The molecule has 1 heterocycles. The molecule has 0 radical (unpaired) electrons. The van der Waals surface area contributed by atoms with Crippen LogP contribution in [0.2, 0.25) is 0 Å². The van der Waals surface area contributed by atoms with Crippen molar-refractivity contribution in [1.82, 2.24) is 10.2 Å². The molecule has 0 bridgehead atoms. The SMILES string of the molecule is CCCC1NC(=O)C(C2CC2)N(CCCC(C)C)C1=O. The first-order chi connectivity index (χ1) is 9.54. The molecule has 2 aliphatic rings. The van der Waals surface area contributed by atoms with Crippen LogP contribution in [0.1, 0.15) is 59.3 Å². The monoisotopic (exact) mass is 280 g/mol. The molecule has 1 saturated carbocycles. The third kappa shape index (κ3) is 3.53. The second kappa shape index (κ2) is 6.59. The van der Waals surface area contributed by atoms with E-state index < -0.39 is 0 Å². The molecule has 4 nitrogen and oxygen atoms in total. The van der Waals surface area contributed by atoms with Gasteiger partial charge in [-0.15, -0.1) is 0 Å². The normalized spacial score (nSPS) is 27.1. The van der Waals surface area contributed by atoms with Crippen LogP contribution in [0.4, 0.5) is 0 Å². The number of carbonyl (C=O) groups is 2. The van der Waals surface area contributed by atoms with E-state index in [9.17, 15) is 9.59 Å². The summed E-state index contributed by atoms with van der Waals surface area (Å²) in [5.41, 5.74) is 0. The Morgan fingerprint density at radius 1 is 1.30 bits per heavy atom. The molecule has 2 atom stereocenters. The number of amides is 2. The van der Waals surface area contributed by atoms with Crippen molar-refractivity contribution in [3.05, 3.63) is 0 Å². The zero-order valence-corrected chi connectivity index (χ0v) is 13.0. The Labute approximate surface area is 122 Å². The molecule has 1 aliphatic heterocycles. The van der Waals surface area contributed by atoms with E-state index in [2.05, 4.69) is 26.1 Å². The van der Waals surface area contributed by atoms with Gasteiger partial charge in [0.15, 0.2) is 0 Å². The van der Waals surface area contributed by atoms with Crippen molar-refractivity contribution in [1.29, 1.82) is 0 Å². The average Bonchev–Trinajstić information content (AvgIpc) is 3.19. The van der Waals surface area contributed by atoms with Crippen molar-refractivity contribution < 1.29 is 9.59 Å². The summed E-state index contributed by atoms with van der Waals surface area (Å²) in [7, 11) is 0. The highest BCUT2D eigenvalue weighted by molar-refractivity contribution is 5.97. The molecule has 2 unspecified atom stereocenters. The second-order valence-electron chi connectivity index (χ2n) is 6.70. The Kier molecular flexibility index (Phi) is 5.06. The Balaban J connectivity index is 2.03. The fourth-order valence-electron chi connectivity index (χ4n) is 3.08. The molecule has 114 valence electrons. The van der Waals surface area contributed by atoms with Crippen molar-refractivity contribution in [2.45, 2.75) is 71.4 Å². The summed E-state index contributed by atoms with van der Waals surface area (Å²) in [6.45, 7) is 7.19. The van der Waals surface area contributed by atoms with Crippen molar-refractivity contribution in [3.8, 4) is 0 Å². The summed E-state index contributed by atoms with van der Waals surface area (Å²) in [5, 5.41) is 2.94. The molecule has 0 spiro atoms. The predicted octanol–water partition coefficient (Wildman–Crippen LogP) is 2.33. The molecule has 2 rings (SSSR count). The van der Waals surface area contributed by atoms with Gasteiger partial charge in [-0.2, -0.15) is 0 Å². The van der Waals surface area contributed by atoms with Crippen molar-refractivity contribution in [3.63, 3.8) is 0 Å². The first-order valence-corrected chi connectivity index (χ1v) is 8.15. The molecule has 1 saturated heterocycles. The number of nitrogens with zero attached hydrogens (tertiary/aromatic N) is 1. The fraction of sp³-hybridized carbons (Fsp3) is 0.875. The van der Waals surface area contributed by atoms with Crippen molar-refractivity contribution >= 4 is 11.8 Å². The molecule has 0 aromatic rings. The molecule has 1 N–H and O–H groups in total. The smallest absolute Gasteiger partial charge is 0.245 e. The number of carbonyl (C=O) groups excluding carboxylic acids is 2. The van der Waals surface area contributed by atoms with Gasteiger partial charge in [0.2, 0.25) is 11.8 Å². The number of hydrogen-bond donors (Lipinski definition) is 1. The van der Waals surface area contributed by atoms with E-state index >= 15 is 0 Å². The van der Waals surface area contributed by atoms with Crippen LogP contribution in [0.15, 0.2) is 0 Å². The summed E-state index contributed by atoms with van der Waals surface area (Å²) in [5.74, 6) is 1.28. The molecule has 4 heteroatoms. The minimum absolute atomic E-state index is 0.0788. The Bertz CT molecular complexity index is 363. The fourth-order valence-corrected chi connectivity index (χ4v) is 3.08. The predicted molar refractivity (Wildman–Crippen MR) is 79.1 cm³/mol. The van der Waals surface area contributed by atoms with E-state index in [-0.39, 0.29) is 23.9 Å². The number of rotatable bonds is 7. The number of nitrogens with one attached hydrogen (secondary N) is 1. The van der Waals surface area contributed by atoms with Gasteiger partial charge in [0.1, 0.15) is 12.1 Å². The highest BCUT2D eigenvalue weighted by atomic mass is 16.2. The van der Waals surface area contributed by atoms with E-state index in [4.69, 9.17) is 0 Å². The molecule has 2 fully saturated rings. The van der Waals surface area contributed by atoms with Crippen LogP contribution in [0.25, 0.3) is 0 Å². The van der Waals surface area contributed by atoms with Gasteiger partial charge in [-0.1, -0.05) is 27.2 Å². The van der Waals surface area contributed by atoms with Gasteiger partial charge in [-0.25, -0.2) is 0 Å². The third-order valence-electron chi connectivity index (χ3n) is 4.33. The molecular formula is C16H28N2O2. The standard InChI is InChI=1S/C16H28N2O2/c1-4-6-13-16(20)18(10-5-7-11(2)3)14(12-8-9-12)15(19)17-13/h11-14H,4-10H2,1-3H3,(H,17,19). The lowest BCUT2D eigenvalue weighted by Crippen LogP contribution is -2.64. The van der Waals surface area contributed by atoms with Crippen LogP contribution >= 0.6 is 0 Å². The summed E-state index contributed by atoms with van der Waals surface area (Å²) in [4.78, 5) is 26.8. The zero-order chi connectivity index (χ0) is 14.7. The Morgan fingerprint density at radius 3 is 2.55 bits per heavy atom. The van der Waals surface area contributed by atoms with Crippen molar-refractivity contribution in [2.24, 2.45) is 11.8 Å². The number of piperazine rings is 1. The molecule has 20 heavy (non-hydrogen) atoms. The second-order valence-corrected chi connectivity index (χ2v) is 6.70. The maximum absolute atomic E-state index is 12.6. The quantitative estimate of drug-likeness (QED) is 0.778. The summed E-state index contributed by atoms with van der Waals surface area (Å²) < 4.78 is 0. The van der Waals surface area contributed by atoms with E-state index in [0.717, 1.165) is 45.1 Å². The minimum Gasteiger partial charge on any atom is -0.342 e. The van der Waals surface area contributed by atoms with Gasteiger partial charge in [0.25, 0.3) is 0 Å². The number of hydrogen-bond acceptors (Lipinski definition) is 2. The van der Waals surface area contributed by atoms with E-state index in [1.165, 1.54) is 0 Å². The van der Waals surface area contributed by atoms with Gasteiger partial charge in [-0.3, -0.25) is 9.59 Å². The molecule has 2 amide bonds. The lowest BCUT2D eigenvalue weighted by molar-refractivity contribution is -0.150. The lowest BCUT2D eigenvalue weighted by atomic mass is 9.99. The topological polar surface area (TPSA) is 49.4 Å². The molecule has 0 aromatic carbocycles. The van der Waals surface area contributed by atoms with Crippen LogP contribution in [0.5, 0.6) is 0 Å². The van der Waals surface area contributed by atoms with E-state index in [0.29, 0.717) is 11.8 Å². The third-order valence-corrected chi connectivity index (χ3v) is 4.33. The van der Waals surface area contributed by atoms with Crippen molar-refractivity contribution in [2.75, 3.05) is 6.54 Å². The van der Waals surface area contributed by atoms with Crippen LogP contribution in [-0.2, 0) is 9.59 Å². The maximum atomic E-state index is 12.6. The lowest BCUT2D eigenvalue weighted by Gasteiger charge is -2.39. The Hall–Kier alpha value is -1.06. The molecule has 0 aromatic heterocycles. The maximum Gasteiger partial charge on any atom is 0.245 e. The highest BCUT2D eigenvalue weighted by Gasteiger charge is 2.47. The van der Waals surface area contributed by atoms with Crippen LogP contribution in [0, 0.1) is 11.8 Å². The van der Waals surface area contributed by atoms with Gasteiger partial charge in [0.05, 0.1) is 0 Å². The largest absolute Gasteiger partial charge is 0.342 e. The molecule has 1 aliphatic carbocycles. The highest BCUT2D eigenvalue weighted by Crippen LogP contribution is 2.37.